The molecule has 1 unspecified atom stereocenters. The van der Waals surface area contributed by atoms with E-state index < -0.39 is 0 Å². The maximum atomic E-state index is 11.1. The van der Waals surface area contributed by atoms with E-state index in [1.165, 1.54) is 11.3 Å². The highest BCUT2D eigenvalue weighted by atomic mass is 32.1. The molecule has 5 heteroatoms. The zero-order valence-corrected chi connectivity index (χ0v) is 8.58. The summed E-state index contributed by atoms with van der Waals surface area (Å²) >= 11 is 5.45. The van der Waals surface area contributed by atoms with Crippen molar-refractivity contribution in [3.8, 4) is 0 Å². The topological polar surface area (TPSA) is 42.0 Å². The molecule has 1 aromatic heterocycles. The number of hydrogen-bond donors (Lipinski definition) is 2. The molecule has 0 saturated carbocycles. The molecule has 0 radical (unpaired) electrons. The van der Waals surface area contributed by atoms with Crippen LogP contribution in [0.2, 0.25) is 0 Å². The molecule has 1 atom stereocenters. The molecule has 66 valence electrons. The Morgan fingerprint density at radius 1 is 1.83 bits per heavy atom. The Labute approximate surface area is 80.6 Å². The van der Waals surface area contributed by atoms with E-state index in [2.05, 4.69) is 22.9 Å². The Balaban J connectivity index is 2.58. The second-order valence-electron chi connectivity index (χ2n) is 2.44. The predicted molar refractivity (Wildman–Crippen MR) is 53.9 cm³/mol. The summed E-state index contributed by atoms with van der Waals surface area (Å²) < 4.78 is 0. The molecule has 1 N–H and O–H groups in total. The monoisotopic (exact) mass is 202 g/mol. The molecule has 12 heavy (non-hydrogen) atoms. The fraction of sp³-hybridized carbons (Fsp3) is 0.429. The smallest absolute Gasteiger partial charge is 0.238 e. The van der Waals surface area contributed by atoms with Crippen LogP contribution in [-0.2, 0) is 4.79 Å². The molecule has 1 amide bonds. The average Bonchev–Trinajstić information content (AvgIpc) is 2.35. The molecule has 0 bridgehead atoms. The van der Waals surface area contributed by atoms with Crippen LogP contribution in [0.5, 0.6) is 0 Å². The minimum atomic E-state index is -0.297. The van der Waals surface area contributed by atoms with E-state index in [0.29, 0.717) is 5.13 Å². The first-order valence-corrected chi connectivity index (χ1v) is 4.84. The van der Waals surface area contributed by atoms with Crippen molar-refractivity contribution in [1.82, 2.24) is 4.98 Å². The summed E-state index contributed by atoms with van der Waals surface area (Å²) in [6.45, 7) is 3.66. The van der Waals surface area contributed by atoms with Gasteiger partial charge in [0.15, 0.2) is 5.13 Å². The van der Waals surface area contributed by atoms with Crippen LogP contribution < -0.4 is 5.32 Å². The third-order valence-corrected chi connectivity index (χ3v) is 2.29. The van der Waals surface area contributed by atoms with Crippen LogP contribution in [0.25, 0.3) is 0 Å². The molecular formula is C7H10N2OS2. The molecule has 0 fully saturated rings. The van der Waals surface area contributed by atoms with Gasteiger partial charge in [0, 0.05) is 11.1 Å². The van der Waals surface area contributed by atoms with E-state index in [4.69, 9.17) is 0 Å². The van der Waals surface area contributed by atoms with Crippen LogP contribution in [0.1, 0.15) is 11.8 Å². The van der Waals surface area contributed by atoms with Crippen molar-refractivity contribution in [3.63, 3.8) is 0 Å². The fourth-order valence-corrected chi connectivity index (χ4v) is 1.35. The normalized spacial score (nSPS) is 12.6. The third-order valence-electron chi connectivity index (χ3n) is 1.23. The Morgan fingerprint density at radius 2 is 2.50 bits per heavy atom. The zero-order valence-electron chi connectivity index (χ0n) is 6.87. The van der Waals surface area contributed by atoms with Crippen molar-refractivity contribution in [1.29, 1.82) is 0 Å². The van der Waals surface area contributed by atoms with Gasteiger partial charge in [-0.1, -0.05) is 0 Å². The van der Waals surface area contributed by atoms with E-state index >= 15 is 0 Å². The number of amides is 1. The second-order valence-corrected chi connectivity index (χ2v) is 4.45. The van der Waals surface area contributed by atoms with Gasteiger partial charge in [0.2, 0.25) is 5.91 Å². The number of carbonyl (C=O) groups excluding carboxylic acids is 1. The van der Waals surface area contributed by atoms with Crippen LogP contribution in [0.3, 0.4) is 0 Å². The van der Waals surface area contributed by atoms with Crippen molar-refractivity contribution in [2.75, 3.05) is 5.32 Å². The SMILES string of the molecule is Cc1cnc(NC(=O)C(C)S)s1. The number of nitrogens with one attached hydrogen (secondary N) is 1. The number of nitrogens with zero attached hydrogens (tertiary/aromatic N) is 1. The molecule has 1 rings (SSSR count). The molecule has 1 aromatic rings. The van der Waals surface area contributed by atoms with Crippen LogP contribution in [0.4, 0.5) is 5.13 Å². The number of anilines is 1. The number of carbonyl (C=O) groups is 1. The summed E-state index contributed by atoms with van der Waals surface area (Å²) in [5, 5.41) is 2.99. The van der Waals surface area contributed by atoms with E-state index in [0.717, 1.165) is 4.88 Å². The van der Waals surface area contributed by atoms with Crippen LogP contribution in [0.15, 0.2) is 6.20 Å². The molecule has 0 aliphatic heterocycles. The average molecular weight is 202 g/mol. The first kappa shape index (κ1) is 9.54. The van der Waals surface area contributed by atoms with Gasteiger partial charge in [0.25, 0.3) is 0 Å². The number of thiazole rings is 1. The van der Waals surface area contributed by atoms with E-state index in [9.17, 15) is 4.79 Å². The maximum absolute atomic E-state index is 11.1. The van der Waals surface area contributed by atoms with Gasteiger partial charge in [0.05, 0.1) is 5.25 Å². The molecule has 3 nitrogen and oxygen atoms in total. The molecule has 0 spiro atoms. The number of rotatable bonds is 2. The van der Waals surface area contributed by atoms with Gasteiger partial charge in [-0.05, 0) is 13.8 Å². The Hall–Kier alpha value is -0.550. The fourth-order valence-electron chi connectivity index (χ4n) is 0.622. The maximum Gasteiger partial charge on any atom is 0.238 e. The lowest BCUT2D eigenvalue weighted by atomic mass is 10.4. The molecule has 0 aromatic carbocycles. The number of aryl methyl sites for hydroxylation is 1. The first-order valence-electron chi connectivity index (χ1n) is 3.51. The van der Waals surface area contributed by atoms with E-state index in [-0.39, 0.29) is 11.2 Å². The van der Waals surface area contributed by atoms with Gasteiger partial charge in [-0.15, -0.1) is 11.3 Å². The first-order chi connectivity index (χ1) is 5.59. The van der Waals surface area contributed by atoms with Crippen LogP contribution in [0, 0.1) is 6.92 Å². The number of hydrogen-bond acceptors (Lipinski definition) is 4. The summed E-state index contributed by atoms with van der Waals surface area (Å²) in [7, 11) is 0. The van der Waals surface area contributed by atoms with Crippen molar-refractivity contribution >= 4 is 35.0 Å². The third kappa shape index (κ3) is 2.49. The summed E-state index contributed by atoms with van der Waals surface area (Å²) in [5.41, 5.74) is 0. The van der Waals surface area contributed by atoms with Gasteiger partial charge in [0.1, 0.15) is 0 Å². The second kappa shape index (κ2) is 3.91. The molecule has 0 aliphatic carbocycles. The van der Waals surface area contributed by atoms with E-state index in [1.807, 2.05) is 6.92 Å². The number of thiol groups is 1. The highest BCUT2D eigenvalue weighted by Crippen LogP contribution is 2.16. The Kier molecular flexibility index (Phi) is 3.11. The standard InChI is InChI=1S/C7H10N2OS2/c1-4-3-8-7(12-4)9-6(10)5(2)11/h3,5,11H,1-2H3,(H,8,9,10). The summed E-state index contributed by atoms with van der Waals surface area (Å²) in [6.07, 6.45) is 1.73. The lowest BCUT2D eigenvalue weighted by Gasteiger charge is -2.02. The van der Waals surface area contributed by atoms with Crippen molar-refractivity contribution < 1.29 is 4.79 Å². The summed E-state index contributed by atoms with van der Waals surface area (Å²) in [6, 6.07) is 0. The van der Waals surface area contributed by atoms with Gasteiger partial charge >= 0.3 is 0 Å². The highest BCUT2D eigenvalue weighted by Gasteiger charge is 2.09. The van der Waals surface area contributed by atoms with E-state index in [1.54, 1.807) is 13.1 Å². The quantitative estimate of drug-likeness (QED) is 0.717. The lowest BCUT2D eigenvalue weighted by molar-refractivity contribution is -0.115. The van der Waals surface area contributed by atoms with Crippen molar-refractivity contribution in [2.45, 2.75) is 19.1 Å². The Bertz CT molecular complexity index is 283. The minimum absolute atomic E-state index is 0.118. The molecule has 0 saturated heterocycles. The summed E-state index contributed by atoms with van der Waals surface area (Å²) in [5.74, 6) is -0.118. The number of aromatic nitrogens is 1. The minimum Gasteiger partial charge on any atom is -0.301 e. The van der Waals surface area contributed by atoms with Crippen LogP contribution in [-0.4, -0.2) is 16.1 Å². The zero-order chi connectivity index (χ0) is 9.14. The molecule has 0 aliphatic rings. The molecule has 1 heterocycles. The van der Waals surface area contributed by atoms with Crippen molar-refractivity contribution in [3.05, 3.63) is 11.1 Å². The van der Waals surface area contributed by atoms with Gasteiger partial charge in [-0.2, -0.15) is 12.6 Å². The Morgan fingerprint density at radius 3 is 2.92 bits per heavy atom. The summed E-state index contributed by atoms with van der Waals surface area (Å²) in [4.78, 5) is 16.2. The van der Waals surface area contributed by atoms with Gasteiger partial charge in [-0.25, -0.2) is 4.98 Å². The molecular weight excluding hydrogens is 192 g/mol. The van der Waals surface area contributed by atoms with Crippen molar-refractivity contribution in [2.24, 2.45) is 0 Å². The lowest BCUT2D eigenvalue weighted by Crippen LogP contribution is -2.20. The van der Waals surface area contributed by atoms with Crippen LogP contribution >= 0.6 is 24.0 Å². The van der Waals surface area contributed by atoms with Gasteiger partial charge in [-0.3, -0.25) is 4.79 Å². The largest absolute Gasteiger partial charge is 0.301 e. The predicted octanol–water partition coefficient (Wildman–Crippen LogP) is 1.71. The van der Waals surface area contributed by atoms with Gasteiger partial charge < -0.3 is 5.32 Å². The highest BCUT2D eigenvalue weighted by molar-refractivity contribution is 7.81.